The van der Waals surface area contributed by atoms with Crippen molar-refractivity contribution in [2.75, 3.05) is 21.3 Å². The molecule has 0 bridgehead atoms. The largest absolute Gasteiger partial charge is 0.383 e. The number of hydrogen-bond acceptors (Lipinski definition) is 4. The molecule has 0 aliphatic heterocycles. The van der Waals surface area contributed by atoms with Crippen LogP contribution in [0.2, 0.25) is 0 Å². The van der Waals surface area contributed by atoms with Crippen LogP contribution in [0.4, 0.5) is 39.8 Å². The first-order chi connectivity index (χ1) is 18.1. The molecule has 0 radical (unpaired) electrons. The van der Waals surface area contributed by atoms with Crippen molar-refractivity contribution in [2.45, 2.75) is 19.9 Å². The molecule has 0 saturated carbocycles. The van der Waals surface area contributed by atoms with Crippen molar-refractivity contribution in [3.63, 3.8) is 0 Å². The van der Waals surface area contributed by atoms with E-state index in [-0.39, 0.29) is 0 Å². The molecule has 0 saturated heterocycles. The van der Waals surface area contributed by atoms with Gasteiger partial charge in [0.25, 0.3) is 0 Å². The van der Waals surface area contributed by atoms with Crippen LogP contribution in [0.1, 0.15) is 13.8 Å². The number of para-hydroxylation sites is 3. The molecule has 5 aromatic carbocycles. The Bertz CT molecular complexity index is 1240. The molecule has 0 aliphatic rings. The summed E-state index contributed by atoms with van der Waals surface area (Å²) >= 11 is 0. The van der Waals surface area contributed by atoms with E-state index >= 15 is 0 Å². The Morgan fingerprint density at radius 2 is 0.568 bits per heavy atom. The monoisotopic (exact) mass is 486 g/mol. The van der Waals surface area contributed by atoms with Crippen molar-refractivity contribution in [3.05, 3.63) is 140 Å². The Kier molecular flexibility index (Phi) is 9.20. The van der Waals surface area contributed by atoms with Gasteiger partial charge in [-0.2, -0.15) is 0 Å². The molecule has 0 aromatic heterocycles. The third-order valence-electron chi connectivity index (χ3n) is 5.41. The summed E-state index contributed by atoms with van der Waals surface area (Å²) in [7, 11) is 0. The molecule has 37 heavy (non-hydrogen) atoms. The first-order valence-corrected chi connectivity index (χ1v) is 12.6. The average molecular weight is 487 g/mol. The molecule has 0 spiro atoms. The predicted octanol–water partition coefficient (Wildman–Crippen LogP) is 9.42. The quantitative estimate of drug-likeness (QED) is 0.176. The SMILES string of the molecule is CC(C)Nc1ccc(Nc2ccccc2)cc1.c1ccc(Nc2ccc(Nc3ccccc3)cc2)cc1. The van der Waals surface area contributed by atoms with Gasteiger partial charge < -0.3 is 21.3 Å². The second-order valence-corrected chi connectivity index (χ2v) is 8.93. The van der Waals surface area contributed by atoms with Gasteiger partial charge in [-0.3, -0.25) is 0 Å². The minimum atomic E-state index is 0.461. The van der Waals surface area contributed by atoms with Crippen molar-refractivity contribution >= 4 is 39.8 Å². The van der Waals surface area contributed by atoms with Crippen LogP contribution in [0.3, 0.4) is 0 Å². The molecule has 186 valence electrons. The molecule has 0 atom stereocenters. The van der Waals surface area contributed by atoms with E-state index in [1.165, 1.54) is 0 Å². The maximum atomic E-state index is 3.37. The summed E-state index contributed by atoms with van der Waals surface area (Å²) in [5.74, 6) is 0. The zero-order chi connectivity index (χ0) is 25.7. The lowest BCUT2D eigenvalue weighted by molar-refractivity contribution is 0.900. The molecule has 0 amide bonds. The number of hydrogen-bond donors (Lipinski definition) is 4. The van der Waals surface area contributed by atoms with Crippen LogP contribution in [0, 0.1) is 0 Å². The summed E-state index contributed by atoms with van der Waals surface area (Å²) in [6.45, 7) is 4.27. The Balaban J connectivity index is 0.000000176. The van der Waals surface area contributed by atoms with E-state index in [0.717, 1.165) is 39.8 Å². The average Bonchev–Trinajstić information content (AvgIpc) is 2.93. The predicted molar refractivity (Wildman–Crippen MR) is 161 cm³/mol. The lowest BCUT2D eigenvalue weighted by Crippen LogP contribution is -2.09. The van der Waals surface area contributed by atoms with Gasteiger partial charge in [-0.25, -0.2) is 0 Å². The van der Waals surface area contributed by atoms with Crippen LogP contribution in [-0.4, -0.2) is 6.04 Å². The number of rotatable bonds is 8. The van der Waals surface area contributed by atoms with Gasteiger partial charge in [-0.05, 0) is 98.8 Å². The maximum absolute atomic E-state index is 3.37. The summed E-state index contributed by atoms with van der Waals surface area (Å²) < 4.78 is 0. The maximum Gasteiger partial charge on any atom is 0.0385 e. The van der Waals surface area contributed by atoms with Gasteiger partial charge in [0.1, 0.15) is 0 Å². The van der Waals surface area contributed by atoms with Crippen molar-refractivity contribution in [1.82, 2.24) is 0 Å². The van der Waals surface area contributed by atoms with Gasteiger partial charge in [-0.15, -0.1) is 0 Å². The van der Waals surface area contributed by atoms with E-state index < -0.39 is 0 Å². The number of nitrogens with one attached hydrogen (secondary N) is 4. The van der Waals surface area contributed by atoms with E-state index in [4.69, 9.17) is 0 Å². The highest BCUT2D eigenvalue weighted by Gasteiger charge is 1.98. The highest BCUT2D eigenvalue weighted by atomic mass is 14.9. The summed E-state index contributed by atoms with van der Waals surface area (Å²) in [6, 6.07) is 47.6. The lowest BCUT2D eigenvalue weighted by Gasteiger charge is -2.11. The van der Waals surface area contributed by atoms with E-state index in [2.05, 4.69) is 120 Å². The zero-order valence-corrected chi connectivity index (χ0v) is 21.4. The van der Waals surface area contributed by atoms with E-state index in [1.807, 2.05) is 54.6 Å². The Morgan fingerprint density at radius 3 is 0.838 bits per heavy atom. The van der Waals surface area contributed by atoms with Crippen LogP contribution in [0.15, 0.2) is 140 Å². The molecular weight excluding hydrogens is 452 g/mol. The van der Waals surface area contributed by atoms with Crippen LogP contribution >= 0.6 is 0 Å². The molecule has 4 N–H and O–H groups in total. The second-order valence-electron chi connectivity index (χ2n) is 8.93. The fourth-order valence-electron chi connectivity index (χ4n) is 3.68. The van der Waals surface area contributed by atoms with Crippen molar-refractivity contribution in [3.8, 4) is 0 Å². The van der Waals surface area contributed by atoms with Gasteiger partial charge in [0.15, 0.2) is 0 Å². The molecule has 0 fully saturated rings. The third kappa shape index (κ3) is 8.79. The van der Waals surface area contributed by atoms with Crippen LogP contribution in [0.5, 0.6) is 0 Å². The Labute approximate surface area is 220 Å². The highest BCUT2D eigenvalue weighted by molar-refractivity contribution is 5.66. The highest BCUT2D eigenvalue weighted by Crippen LogP contribution is 2.21. The Hall–Kier alpha value is -4.70. The van der Waals surface area contributed by atoms with E-state index in [9.17, 15) is 0 Å². The summed E-state index contributed by atoms with van der Waals surface area (Å²) in [4.78, 5) is 0. The molecular formula is C33H34N4. The van der Waals surface area contributed by atoms with Gasteiger partial charge in [0, 0.05) is 45.9 Å². The lowest BCUT2D eigenvalue weighted by atomic mass is 10.2. The normalized spacial score (nSPS) is 10.1. The summed E-state index contributed by atoms with van der Waals surface area (Å²) in [6.07, 6.45) is 0. The van der Waals surface area contributed by atoms with Crippen molar-refractivity contribution < 1.29 is 0 Å². The fourth-order valence-corrected chi connectivity index (χ4v) is 3.68. The van der Waals surface area contributed by atoms with Gasteiger partial charge >= 0.3 is 0 Å². The van der Waals surface area contributed by atoms with Crippen molar-refractivity contribution in [2.24, 2.45) is 0 Å². The van der Waals surface area contributed by atoms with E-state index in [1.54, 1.807) is 0 Å². The smallest absolute Gasteiger partial charge is 0.0385 e. The Morgan fingerprint density at radius 1 is 0.324 bits per heavy atom. The second kappa shape index (κ2) is 13.4. The van der Waals surface area contributed by atoms with Crippen molar-refractivity contribution in [1.29, 1.82) is 0 Å². The molecule has 4 nitrogen and oxygen atoms in total. The van der Waals surface area contributed by atoms with Crippen LogP contribution in [0.25, 0.3) is 0 Å². The first-order valence-electron chi connectivity index (χ1n) is 12.6. The van der Waals surface area contributed by atoms with E-state index in [0.29, 0.717) is 6.04 Å². The molecule has 5 aromatic rings. The van der Waals surface area contributed by atoms with Crippen LogP contribution in [-0.2, 0) is 0 Å². The molecule has 0 aliphatic carbocycles. The molecule has 5 rings (SSSR count). The first kappa shape index (κ1) is 25.4. The molecule has 4 heteroatoms. The minimum Gasteiger partial charge on any atom is -0.383 e. The van der Waals surface area contributed by atoms with Gasteiger partial charge in [-0.1, -0.05) is 54.6 Å². The zero-order valence-electron chi connectivity index (χ0n) is 21.4. The molecule has 0 unspecified atom stereocenters. The van der Waals surface area contributed by atoms with Gasteiger partial charge in [0.2, 0.25) is 0 Å². The number of anilines is 7. The fraction of sp³-hybridized carbons (Fsp3) is 0.0909. The molecule has 0 heterocycles. The topological polar surface area (TPSA) is 48.1 Å². The standard InChI is InChI=1S/C18H16N2.C15H18N2/c1-3-7-15(8-4-1)19-17-11-13-18(14-12-17)20-16-9-5-2-6-10-16;1-12(2)16-14-8-10-15(11-9-14)17-13-6-4-3-5-7-13/h1-14,19-20H;3-12,16-17H,1-2H3. The summed E-state index contributed by atoms with van der Waals surface area (Å²) in [5.41, 5.74) is 7.71. The van der Waals surface area contributed by atoms with Gasteiger partial charge in [0.05, 0.1) is 0 Å². The third-order valence-corrected chi connectivity index (χ3v) is 5.41. The van der Waals surface area contributed by atoms with Crippen LogP contribution < -0.4 is 21.3 Å². The number of benzene rings is 5. The minimum absolute atomic E-state index is 0.461. The summed E-state index contributed by atoms with van der Waals surface area (Å²) in [5, 5.41) is 13.5.